The van der Waals surface area contributed by atoms with Gasteiger partial charge in [0.15, 0.2) is 5.76 Å². The lowest BCUT2D eigenvalue weighted by atomic mass is 10.1. The fourth-order valence-corrected chi connectivity index (χ4v) is 2.63. The summed E-state index contributed by atoms with van der Waals surface area (Å²) in [5, 5.41) is 6.46. The summed E-state index contributed by atoms with van der Waals surface area (Å²) in [5.74, 6) is -0.583. The minimum atomic E-state index is -0.575. The number of benzene rings is 1. The van der Waals surface area contributed by atoms with Crippen LogP contribution in [0.2, 0.25) is 0 Å². The van der Waals surface area contributed by atoms with Crippen molar-refractivity contribution in [3.63, 3.8) is 0 Å². The highest BCUT2D eigenvalue weighted by atomic mass is 19.1. The number of aromatic nitrogens is 3. The number of hydrogen-bond donors (Lipinski definition) is 1. The summed E-state index contributed by atoms with van der Waals surface area (Å²) in [7, 11) is 0. The molecule has 8 heteroatoms. The lowest BCUT2D eigenvalue weighted by Crippen LogP contribution is -2.31. The van der Waals surface area contributed by atoms with Gasteiger partial charge in [0.05, 0.1) is 6.54 Å². The van der Waals surface area contributed by atoms with Crippen LogP contribution in [0.4, 0.5) is 4.39 Å². The van der Waals surface area contributed by atoms with Gasteiger partial charge < -0.3 is 9.84 Å². The SMILES string of the molecule is O=C(NCc1cc(-c2cccc(F)c2)no1)c1cnc2ccccn2c1=O. The number of nitrogens with zero attached hydrogens (tertiary/aromatic N) is 3. The Bertz CT molecular complexity index is 1200. The third-order valence-corrected chi connectivity index (χ3v) is 3.96. The van der Waals surface area contributed by atoms with E-state index in [0.29, 0.717) is 22.7 Å². The van der Waals surface area contributed by atoms with Gasteiger partial charge in [-0.1, -0.05) is 23.4 Å². The van der Waals surface area contributed by atoms with Crippen LogP contribution in [0.15, 0.2) is 70.2 Å². The van der Waals surface area contributed by atoms with Gasteiger partial charge in [0, 0.05) is 24.0 Å². The van der Waals surface area contributed by atoms with Crippen LogP contribution in [-0.2, 0) is 6.54 Å². The van der Waals surface area contributed by atoms with Crippen LogP contribution in [0.5, 0.6) is 0 Å². The number of nitrogens with one attached hydrogen (secondary N) is 1. The Kier molecular flexibility index (Phi) is 4.21. The number of carbonyl (C=O) groups is 1. The molecule has 0 aliphatic heterocycles. The molecule has 0 saturated heterocycles. The zero-order valence-corrected chi connectivity index (χ0v) is 13.9. The van der Waals surface area contributed by atoms with E-state index in [4.69, 9.17) is 4.52 Å². The predicted molar refractivity (Wildman–Crippen MR) is 94.5 cm³/mol. The monoisotopic (exact) mass is 364 g/mol. The van der Waals surface area contributed by atoms with E-state index in [2.05, 4.69) is 15.5 Å². The van der Waals surface area contributed by atoms with E-state index in [-0.39, 0.29) is 17.9 Å². The van der Waals surface area contributed by atoms with Gasteiger partial charge in [0.25, 0.3) is 11.5 Å². The maximum atomic E-state index is 13.3. The summed E-state index contributed by atoms with van der Waals surface area (Å²) >= 11 is 0. The van der Waals surface area contributed by atoms with Crippen molar-refractivity contribution in [3.8, 4) is 11.3 Å². The molecule has 3 aromatic heterocycles. The molecule has 27 heavy (non-hydrogen) atoms. The van der Waals surface area contributed by atoms with Gasteiger partial charge in [0.2, 0.25) is 0 Å². The highest BCUT2D eigenvalue weighted by Gasteiger charge is 2.14. The first kappa shape index (κ1) is 16.6. The first-order valence-corrected chi connectivity index (χ1v) is 8.08. The highest BCUT2D eigenvalue weighted by Crippen LogP contribution is 2.19. The van der Waals surface area contributed by atoms with Crippen molar-refractivity contribution in [1.82, 2.24) is 19.9 Å². The third-order valence-electron chi connectivity index (χ3n) is 3.96. The molecule has 4 rings (SSSR count). The molecule has 0 aliphatic carbocycles. The van der Waals surface area contributed by atoms with E-state index in [1.807, 2.05) is 0 Å². The molecule has 1 N–H and O–H groups in total. The lowest BCUT2D eigenvalue weighted by molar-refractivity contribution is 0.0945. The quantitative estimate of drug-likeness (QED) is 0.601. The second kappa shape index (κ2) is 6.83. The Hall–Kier alpha value is -3.81. The molecule has 0 fully saturated rings. The number of pyridine rings is 1. The molecule has 0 saturated carbocycles. The molecule has 0 aliphatic rings. The first-order chi connectivity index (χ1) is 13.1. The number of hydrogen-bond acceptors (Lipinski definition) is 5. The van der Waals surface area contributed by atoms with E-state index in [1.165, 1.54) is 22.7 Å². The molecule has 3 heterocycles. The Morgan fingerprint density at radius 3 is 2.93 bits per heavy atom. The van der Waals surface area contributed by atoms with Crippen molar-refractivity contribution >= 4 is 11.6 Å². The number of halogens is 1. The summed E-state index contributed by atoms with van der Waals surface area (Å²) < 4.78 is 19.8. The maximum Gasteiger partial charge on any atom is 0.270 e. The first-order valence-electron chi connectivity index (χ1n) is 8.08. The standard InChI is InChI=1S/C19H13FN4O3/c20-13-5-3-4-12(8-13)16-9-14(27-23-16)10-22-18(25)15-11-21-17-6-1-2-7-24(17)19(15)26/h1-9,11H,10H2,(H,22,25). The van der Waals surface area contributed by atoms with E-state index >= 15 is 0 Å². The number of amides is 1. The average Bonchev–Trinajstić information content (AvgIpc) is 3.16. The predicted octanol–water partition coefficient (Wildman–Crippen LogP) is 2.42. The zero-order valence-electron chi connectivity index (χ0n) is 13.9. The lowest BCUT2D eigenvalue weighted by Gasteiger charge is -2.04. The number of rotatable bonds is 4. The second-order valence-electron chi connectivity index (χ2n) is 5.78. The molecular formula is C19H13FN4O3. The molecule has 1 amide bonds. The molecule has 0 atom stereocenters. The van der Waals surface area contributed by atoms with Crippen molar-refractivity contribution in [2.24, 2.45) is 0 Å². The van der Waals surface area contributed by atoms with Crippen molar-refractivity contribution in [3.05, 3.63) is 88.4 Å². The maximum absolute atomic E-state index is 13.3. The van der Waals surface area contributed by atoms with E-state index in [1.54, 1.807) is 42.6 Å². The fourth-order valence-electron chi connectivity index (χ4n) is 2.63. The highest BCUT2D eigenvalue weighted by molar-refractivity contribution is 5.93. The van der Waals surface area contributed by atoms with E-state index in [0.717, 1.165) is 0 Å². The minimum Gasteiger partial charge on any atom is -0.359 e. The van der Waals surface area contributed by atoms with Crippen LogP contribution in [0.25, 0.3) is 16.9 Å². The van der Waals surface area contributed by atoms with Crippen molar-refractivity contribution in [1.29, 1.82) is 0 Å². The van der Waals surface area contributed by atoms with Crippen LogP contribution in [0.3, 0.4) is 0 Å². The fraction of sp³-hybridized carbons (Fsp3) is 0.0526. The summed E-state index contributed by atoms with van der Waals surface area (Å²) in [5.41, 5.74) is 0.924. The topological polar surface area (TPSA) is 89.5 Å². The van der Waals surface area contributed by atoms with Gasteiger partial charge in [-0.05, 0) is 24.3 Å². The normalized spacial score (nSPS) is 10.9. The van der Waals surface area contributed by atoms with Gasteiger partial charge in [-0.3, -0.25) is 14.0 Å². The molecule has 134 valence electrons. The third kappa shape index (κ3) is 3.32. The molecule has 7 nitrogen and oxygen atoms in total. The number of fused-ring (bicyclic) bond motifs is 1. The van der Waals surface area contributed by atoms with Crippen molar-refractivity contribution in [2.45, 2.75) is 6.54 Å². The van der Waals surface area contributed by atoms with Gasteiger partial charge in [0.1, 0.15) is 22.7 Å². The van der Waals surface area contributed by atoms with Crippen LogP contribution < -0.4 is 10.9 Å². The summed E-state index contributed by atoms with van der Waals surface area (Å²) in [4.78, 5) is 28.8. The molecular weight excluding hydrogens is 351 g/mol. The summed E-state index contributed by atoms with van der Waals surface area (Å²) in [6.45, 7) is 0.0259. The summed E-state index contributed by atoms with van der Waals surface area (Å²) in [6.07, 6.45) is 2.79. The Morgan fingerprint density at radius 1 is 1.19 bits per heavy atom. The molecule has 1 aromatic carbocycles. The van der Waals surface area contributed by atoms with Crippen LogP contribution in [-0.4, -0.2) is 20.4 Å². The Balaban J connectivity index is 1.50. The van der Waals surface area contributed by atoms with Crippen LogP contribution in [0, 0.1) is 5.82 Å². The van der Waals surface area contributed by atoms with Gasteiger partial charge >= 0.3 is 0 Å². The zero-order chi connectivity index (χ0) is 18.8. The van der Waals surface area contributed by atoms with Crippen molar-refractivity contribution < 1.29 is 13.7 Å². The second-order valence-corrected chi connectivity index (χ2v) is 5.78. The smallest absolute Gasteiger partial charge is 0.270 e. The van der Waals surface area contributed by atoms with Crippen LogP contribution in [0.1, 0.15) is 16.1 Å². The molecule has 0 radical (unpaired) electrons. The molecule has 0 unspecified atom stereocenters. The largest absolute Gasteiger partial charge is 0.359 e. The van der Waals surface area contributed by atoms with E-state index < -0.39 is 11.5 Å². The molecule has 0 spiro atoms. The van der Waals surface area contributed by atoms with Gasteiger partial charge in [-0.15, -0.1) is 0 Å². The number of carbonyl (C=O) groups excluding carboxylic acids is 1. The van der Waals surface area contributed by atoms with E-state index in [9.17, 15) is 14.0 Å². The Labute approximate surface area is 152 Å². The molecule has 0 bridgehead atoms. The van der Waals surface area contributed by atoms with Crippen LogP contribution >= 0.6 is 0 Å². The van der Waals surface area contributed by atoms with Gasteiger partial charge in [-0.25, -0.2) is 9.37 Å². The average molecular weight is 364 g/mol. The summed E-state index contributed by atoms with van der Waals surface area (Å²) in [6, 6.07) is 12.6. The van der Waals surface area contributed by atoms with Crippen molar-refractivity contribution in [2.75, 3.05) is 0 Å². The Morgan fingerprint density at radius 2 is 2.07 bits per heavy atom. The molecule has 4 aromatic rings. The minimum absolute atomic E-state index is 0.0259. The van der Waals surface area contributed by atoms with Gasteiger partial charge in [-0.2, -0.15) is 0 Å².